The van der Waals surface area contributed by atoms with Gasteiger partial charge < -0.3 is 10.0 Å². The summed E-state index contributed by atoms with van der Waals surface area (Å²) in [5.41, 5.74) is -0.498. The smallest absolute Gasteiger partial charge is 0.270 e. The molecule has 0 bridgehead atoms. The minimum Gasteiger partial charge on any atom is -0.390 e. The van der Waals surface area contributed by atoms with Crippen molar-refractivity contribution in [3.05, 3.63) is 51.2 Å². The normalized spacial score (nSPS) is 13.3. The van der Waals surface area contributed by atoms with Gasteiger partial charge in [-0.1, -0.05) is 26.0 Å². The first-order valence-corrected chi connectivity index (χ1v) is 9.43. The lowest BCUT2D eigenvalue weighted by Gasteiger charge is -2.24. The van der Waals surface area contributed by atoms with Gasteiger partial charge in [0.05, 0.1) is 12.6 Å². The Labute approximate surface area is 171 Å². The number of hydrogen-bond acceptors (Lipinski definition) is 5. The zero-order chi connectivity index (χ0) is 22.4. The Bertz CT molecular complexity index is 1130. The van der Waals surface area contributed by atoms with Crippen molar-refractivity contribution >= 4 is 17.0 Å². The van der Waals surface area contributed by atoms with Crippen molar-refractivity contribution in [3.8, 4) is 0 Å². The number of aromatic amines is 1. The van der Waals surface area contributed by atoms with E-state index >= 15 is 0 Å². The summed E-state index contributed by atoms with van der Waals surface area (Å²) in [6.45, 7) is 3.83. The number of anilines is 1. The van der Waals surface area contributed by atoms with Crippen molar-refractivity contribution in [1.82, 2.24) is 19.7 Å². The van der Waals surface area contributed by atoms with E-state index in [4.69, 9.17) is 0 Å². The summed E-state index contributed by atoms with van der Waals surface area (Å²) < 4.78 is 43.5. The van der Waals surface area contributed by atoms with Gasteiger partial charge in [0, 0.05) is 32.1 Å². The van der Waals surface area contributed by atoms with Crippen LogP contribution < -0.4 is 10.5 Å². The topological polar surface area (TPSA) is 87.0 Å². The summed E-state index contributed by atoms with van der Waals surface area (Å²) in [4.78, 5) is 21.3. The number of aromatic nitrogens is 4. The minimum atomic E-state index is -3.18. The zero-order valence-corrected chi connectivity index (χ0v) is 17.4. The number of alkyl halides is 2. The zero-order valence-electron chi connectivity index (χ0n) is 17.4. The summed E-state index contributed by atoms with van der Waals surface area (Å²) in [5, 5.41) is 14.1. The summed E-state index contributed by atoms with van der Waals surface area (Å²) >= 11 is 0. The van der Waals surface area contributed by atoms with Gasteiger partial charge in [-0.05, 0) is 12.0 Å². The second-order valence-electron chi connectivity index (χ2n) is 7.85. The third-order valence-electron chi connectivity index (χ3n) is 4.92. The Morgan fingerprint density at radius 1 is 1.30 bits per heavy atom. The molecule has 0 unspecified atom stereocenters. The van der Waals surface area contributed by atoms with E-state index in [2.05, 4.69) is 15.1 Å². The van der Waals surface area contributed by atoms with Gasteiger partial charge in [0.15, 0.2) is 5.65 Å². The van der Waals surface area contributed by atoms with Crippen LogP contribution in [-0.2, 0) is 12.5 Å². The fraction of sp³-hybridized carbons (Fsp3) is 0.450. The van der Waals surface area contributed by atoms with E-state index in [9.17, 15) is 23.1 Å². The third-order valence-corrected chi connectivity index (χ3v) is 4.92. The quantitative estimate of drug-likeness (QED) is 0.636. The van der Waals surface area contributed by atoms with Gasteiger partial charge in [-0.25, -0.2) is 17.9 Å². The molecule has 0 saturated carbocycles. The summed E-state index contributed by atoms with van der Waals surface area (Å²) in [6.07, 6.45) is 0. The maximum Gasteiger partial charge on any atom is 0.270 e. The Kier molecular flexibility index (Phi) is 5.64. The predicted octanol–water partition coefficient (Wildman–Crippen LogP) is 3.17. The average molecular weight is 423 g/mol. The first-order chi connectivity index (χ1) is 14.0. The van der Waals surface area contributed by atoms with Crippen LogP contribution in [0.1, 0.15) is 43.6 Å². The number of fused-ring (bicyclic) bond motifs is 1. The fourth-order valence-corrected chi connectivity index (χ4v) is 3.43. The van der Waals surface area contributed by atoms with Gasteiger partial charge in [0.2, 0.25) is 5.95 Å². The molecule has 1 atom stereocenters. The number of aliphatic hydroxyl groups is 1. The van der Waals surface area contributed by atoms with Crippen LogP contribution in [0.2, 0.25) is 0 Å². The molecule has 0 spiro atoms. The van der Waals surface area contributed by atoms with Crippen molar-refractivity contribution in [2.75, 3.05) is 19.0 Å². The summed E-state index contributed by atoms with van der Waals surface area (Å²) in [6, 6.07) is 2.56. The highest BCUT2D eigenvalue weighted by atomic mass is 19.3. The molecular formula is C20H24F3N5O2. The Morgan fingerprint density at radius 3 is 2.47 bits per heavy atom. The van der Waals surface area contributed by atoms with Crippen LogP contribution in [0.25, 0.3) is 11.0 Å². The molecule has 0 fully saturated rings. The van der Waals surface area contributed by atoms with Crippen LogP contribution in [0, 0.1) is 11.7 Å². The minimum absolute atomic E-state index is 0.103. The van der Waals surface area contributed by atoms with E-state index in [0.717, 1.165) is 6.07 Å². The first kappa shape index (κ1) is 21.8. The third kappa shape index (κ3) is 3.79. The van der Waals surface area contributed by atoms with Crippen LogP contribution in [0.15, 0.2) is 23.0 Å². The van der Waals surface area contributed by atoms with Crippen molar-refractivity contribution < 1.29 is 18.3 Å². The highest BCUT2D eigenvalue weighted by molar-refractivity contribution is 5.78. The largest absolute Gasteiger partial charge is 0.390 e. The number of halogens is 3. The molecule has 10 heteroatoms. The Hall–Kier alpha value is -2.88. The lowest BCUT2D eigenvalue weighted by Crippen LogP contribution is -2.23. The second-order valence-corrected chi connectivity index (χ2v) is 7.85. The number of nitrogens with zero attached hydrogens (tertiary/aromatic N) is 4. The number of aliphatic hydroxyl groups excluding tert-OH is 1. The molecule has 0 aliphatic heterocycles. The second kappa shape index (κ2) is 7.75. The van der Waals surface area contributed by atoms with Crippen molar-refractivity contribution in [2.45, 2.75) is 39.3 Å². The van der Waals surface area contributed by atoms with Crippen molar-refractivity contribution in [2.24, 2.45) is 5.92 Å². The van der Waals surface area contributed by atoms with E-state index in [1.807, 2.05) is 13.8 Å². The number of benzene rings is 1. The summed E-state index contributed by atoms with van der Waals surface area (Å²) in [7, 11) is 3.39. The molecule has 0 radical (unpaired) electrons. The number of hydrogen-bond donors (Lipinski definition) is 2. The molecule has 162 valence electrons. The number of rotatable bonds is 6. The number of nitrogens with one attached hydrogen (secondary N) is 1. The van der Waals surface area contributed by atoms with Gasteiger partial charge in [0.25, 0.3) is 11.5 Å². The van der Waals surface area contributed by atoms with E-state index < -0.39 is 35.5 Å². The highest BCUT2D eigenvalue weighted by Gasteiger charge is 2.30. The lowest BCUT2D eigenvalue weighted by atomic mass is 9.94. The molecule has 0 aliphatic rings. The van der Waals surface area contributed by atoms with Gasteiger partial charge in [-0.15, -0.1) is 0 Å². The molecule has 7 nitrogen and oxygen atoms in total. The molecule has 30 heavy (non-hydrogen) atoms. The number of H-pyrrole nitrogens is 1. The standard InChI is InChI=1S/C20H24F3N5O2/c1-10(2)16(12-7-6-11(8-13(12)21)20(3,22)23)28-17-15(14(9-29)26-28)18(30)25-19(24-17)27(4)5/h6-8,10,16,29H,9H2,1-5H3,(H,24,25,30)/t16-/m0/s1. The molecular weight excluding hydrogens is 399 g/mol. The molecule has 1 aromatic carbocycles. The van der Waals surface area contributed by atoms with Crippen molar-refractivity contribution in [1.29, 1.82) is 0 Å². The molecule has 0 amide bonds. The molecule has 3 aromatic rings. The van der Waals surface area contributed by atoms with E-state index in [1.54, 1.807) is 19.0 Å². The van der Waals surface area contributed by atoms with Gasteiger partial charge >= 0.3 is 0 Å². The van der Waals surface area contributed by atoms with E-state index in [1.165, 1.54) is 16.8 Å². The van der Waals surface area contributed by atoms with Crippen LogP contribution >= 0.6 is 0 Å². The molecule has 3 rings (SSSR count). The van der Waals surface area contributed by atoms with Crippen LogP contribution in [0.3, 0.4) is 0 Å². The van der Waals surface area contributed by atoms with E-state index in [-0.39, 0.29) is 34.2 Å². The molecule has 2 aromatic heterocycles. The Balaban J connectivity index is 2.29. The monoisotopic (exact) mass is 423 g/mol. The van der Waals surface area contributed by atoms with Crippen LogP contribution in [-0.4, -0.2) is 39.0 Å². The van der Waals surface area contributed by atoms with Gasteiger partial charge in [-0.3, -0.25) is 9.78 Å². The SMILES string of the molecule is CC(C)[C@@H](c1ccc(C(C)(F)F)cc1F)n1nc(CO)c2c(=O)[nH]c(N(C)C)nc21. The molecule has 0 aliphatic carbocycles. The van der Waals surface area contributed by atoms with Crippen LogP contribution in [0.5, 0.6) is 0 Å². The fourth-order valence-electron chi connectivity index (χ4n) is 3.43. The van der Waals surface area contributed by atoms with Gasteiger partial charge in [-0.2, -0.15) is 10.1 Å². The Morgan fingerprint density at radius 2 is 1.97 bits per heavy atom. The average Bonchev–Trinajstić information content (AvgIpc) is 3.01. The van der Waals surface area contributed by atoms with E-state index in [0.29, 0.717) is 6.92 Å². The summed E-state index contributed by atoms with van der Waals surface area (Å²) in [5.74, 6) is -3.95. The molecule has 2 heterocycles. The molecule has 2 N–H and O–H groups in total. The van der Waals surface area contributed by atoms with Crippen LogP contribution in [0.4, 0.5) is 19.1 Å². The lowest BCUT2D eigenvalue weighted by molar-refractivity contribution is 0.0171. The van der Waals surface area contributed by atoms with Crippen molar-refractivity contribution in [3.63, 3.8) is 0 Å². The van der Waals surface area contributed by atoms with Gasteiger partial charge in [0.1, 0.15) is 16.9 Å². The first-order valence-electron chi connectivity index (χ1n) is 9.43. The predicted molar refractivity (Wildman–Crippen MR) is 107 cm³/mol. The maximum absolute atomic E-state index is 14.9. The highest BCUT2D eigenvalue weighted by Crippen LogP contribution is 2.34. The maximum atomic E-state index is 14.9. The molecule has 0 saturated heterocycles.